The molecule has 0 aliphatic heterocycles. The van der Waals surface area contributed by atoms with Gasteiger partial charge < -0.3 is 19.5 Å². The number of nitrogens with one attached hydrogen (secondary N) is 1. The molecule has 1 aromatic carbocycles. The molecule has 180 valence electrons. The molecule has 13 heteroatoms. The van der Waals surface area contributed by atoms with E-state index in [-0.39, 0.29) is 16.6 Å². The van der Waals surface area contributed by atoms with Crippen molar-refractivity contribution in [2.24, 2.45) is 0 Å². The molecule has 5 rings (SSSR count). The first kappa shape index (κ1) is 24.0. The van der Waals surface area contributed by atoms with Gasteiger partial charge in [-0.15, -0.1) is 11.3 Å². The number of anilines is 1. The van der Waals surface area contributed by atoms with Gasteiger partial charge in [-0.2, -0.15) is 0 Å². The summed E-state index contributed by atoms with van der Waals surface area (Å²) in [6, 6.07) is 7.04. The van der Waals surface area contributed by atoms with Gasteiger partial charge in [-0.1, -0.05) is 57.9 Å². The Balaban J connectivity index is 1.30. The number of thiazole rings is 2. The van der Waals surface area contributed by atoms with Crippen molar-refractivity contribution in [1.82, 2.24) is 15.1 Å². The maximum atomic E-state index is 12.4. The molecule has 4 aromatic rings. The SMILES string of the molecule is CC(OC(=O)Nc1c(Cl)noc1C#Cc1nc2nc(C3(C(O)O)CC3)sc2s1)c1ccccc1Cl. The summed E-state index contributed by atoms with van der Waals surface area (Å²) in [5.41, 5.74) is 0.549. The molecule has 1 unspecified atom stereocenters. The summed E-state index contributed by atoms with van der Waals surface area (Å²) in [5.74, 6) is 5.66. The second-order valence-electron chi connectivity index (χ2n) is 7.80. The molecule has 1 aliphatic carbocycles. The quantitative estimate of drug-likeness (QED) is 0.231. The second kappa shape index (κ2) is 9.39. The fourth-order valence-corrected chi connectivity index (χ4v) is 6.05. The summed E-state index contributed by atoms with van der Waals surface area (Å²) < 4.78 is 11.4. The third-order valence-electron chi connectivity index (χ3n) is 5.47. The summed E-state index contributed by atoms with van der Waals surface area (Å²) in [4.78, 5) is 21.3. The topological polar surface area (TPSA) is 131 Å². The lowest BCUT2D eigenvalue weighted by Gasteiger charge is -2.15. The number of carbonyl (C=O) groups excluding carboxylic acids is 1. The predicted octanol–water partition coefficient (Wildman–Crippen LogP) is 5.10. The third-order valence-corrected chi connectivity index (χ3v) is 8.39. The van der Waals surface area contributed by atoms with E-state index in [1.807, 2.05) is 0 Å². The minimum atomic E-state index is -1.44. The number of aliphatic hydroxyl groups is 2. The van der Waals surface area contributed by atoms with E-state index in [1.165, 1.54) is 22.7 Å². The van der Waals surface area contributed by atoms with Gasteiger partial charge in [0.1, 0.15) is 20.8 Å². The molecular weight excluding hydrogens is 535 g/mol. The largest absolute Gasteiger partial charge is 0.441 e. The molecule has 1 fully saturated rings. The molecule has 9 nitrogen and oxygen atoms in total. The molecule has 3 heterocycles. The Labute approximate surface area is 216 Å². The molecule has 35 heavy (non-hydrogen) atoms. The van der Waals surface area contributed by atoms with Gasteiger partial charge in [-0.25, -0.2) is 14.8 Å². The van der Waals surface area contributed by atoms with E-state index in [2.05, 4.69) is 32.3 Å². The van der Waals surface area contributed by atoms with Crippen molar-refractivity contribution in [3.63, 3.8) is 0 Å². The molecule has 1 amide bonds. The van der Waals surface area contributed by atoms with Crippen LogP contribution in [0.25, 0.3) is 9.66 Å². The van der Waals surface area contributed by atoms with Crippen molar-refractivity contribution >= 4 is 67.3 Å². The first-order valence-electron chi connectivity index (χ1n) is 10.3. The summed E-state index contributed by atoms with van der Waals surface area (Å²) in [6.07, 6.45) is -1.47. The Bertz CT molecular complexity index is 1450. The van der Waals surface area contributed by atoms with Gasteiger partial charge in [-0.3, -0.25) is 5.32 Å². The number of fused-ring (bicyclic) bond motifs is 1. The van der Waals surface area contributed by atoms with E-state index in [0.29, 0.717) is 39.1 Å². The van der Waals surface area contributed by atoms with Gasteiger partial charge in [-0.05, 0) is 37.7 Å². The van der Waals surface area contributed by atoms with Crippen molar-refractivity contribution in [2.75, 3.05) is 5.32 Å². The fraction of sp³-hybridized carbons (Fsp3) is 0.273. The Morgan fingerprint density at radius 1 is 1.23 bits per heavy atom. The molecule has 0 radical (unpaired) electrons. The third kappa shape index (κ3) is 4.73. The highest BCUT2D eigenvalue weighted by molar-refractivity contribution is 7.38. The van der Waals surface area contributed by atoms with Crippen LogP contribution >= 0.6 is 45.9 Å². The maximum Gasteiger partial charge on any atom is 0.412 e. The number of amides is 1. The zero-order valence-electron chi connectivity index (χ0n) is 17.9. The fourth-order valence-electron chi connectivity index (χ4n) is 3.36. The van der Waals surface area contributed by atoms with E-state index in [4.69, 9.17) is 32.5 Å². The Morgan fingerprint density at radius 3 is 2.69 bits per heavy atom. The van der Waals surface area contributed by atoms with E-state index in [9.17, 15) is 15.0 Å². The zero-order valence-corrected chi connectivity index (χ0v) is 21.1. The minimum Gasteiger partial charge on any atom is -0.441 e. The number of hydrogen-bond donors (Lipinski definition) is 3. The number of aromatic nitrogens is 3. The summed E-state index contributed by atoms with van der Waals surface area (Å²) in [5, 5.41) is 27.0. The smallest absolute Gasteiger partial charge is 0.412 e. The number of hydrogen-bond acceptors (Lipinski definition) is 10. The monoisotopic (exact) mass is 550 g/mol. The van der Waals surface area contributed by atoms with Gasteiger partial charge in [0.15, 0.2) is 22.1 Å². The van der Waals surface area contributed by atoms with Crippen molar-refractivity contribution in [3.8, 4) is 11.8 Å². The number of rotatable bonds is 5. The van der Waals surface area contributed by atoms with E-state index in [1.54, 1.807) is 31.2 Å². The van der Waals surface area contributed by atoms with Crippen LogP contribution in [0.1, 0.15) is 47.2 Å². The van der Waals surface area contributed by atoms with Crippen LogP contribution in [0.3, 0.4) is 0 Å². The normalized spacial score (nSPS) is 15.0. The standard InChI is InChI=1S/C22H16Cl2N4O5S2/c1-10(11-4-2-3-5-12(11)23)32-21(31)26-15-13(33-28-16(15)24)6-7-14-25-17-18(34-14)35-19(27-17)22(8-9-22)20(29)30/h2-5,10,20,29-30H,8-9H2,1H3,(H,26,31). The summed E-state index contributed by atoms with van der Waals surface area (Å²) >= 11 is 14.9. The molecular formula is C22H16Cl2N4O5S2. The van der Waals surface area contributed by atoms with Crippen LogP contribution in [0.5, 0.6) is 0 Å². The van der Waals surface area contributed by atoms with Crippen LogP contribution < -0.4 is 5.32 Å². The molecule has 1 saturated carbocycles. The Morgan fingerprint density at radius 2 is 2.00 bits per heavy atom. The average molecular weight is 551 g/mol. The maximum absolute atomic E-state index is 12.4. The number of halogens is 2. The first-order valence-corrected chi connectivity index (χ1v) is 12.7. The van der Waals surface area contributed by atoms with Crippen molar-refractivity contribution in [3.05, 3.63) is 55.8 Å². The van der Waals surface area contributed by atoms with E-state index in [0.717, 1.165) is 4.01 Å². The van der Waals surface area contributed by atoms with Gasteiger partial charge >= 0.3 is 6.09 Å². The van der Waals surface area contributed by atoms with E-state index >= 15 is 0 Å². The second-order valence-corrected chi connectivity index (χ2v) is 10.8. The minimum absolute atomic E-state index is 0.0323. The number of nitrogens with zero attached hydrogens (tertiary/aromatic N) is 3. The predicted molar refractivity (Wildman–Crippen MR) is 132 cm³/mol. The Hall–Kier alpha value is -2.72. The van der Waals surface area contributed by atoms with Crippen molar-refractivity contribution in [1.29, 1.82) is 0 Å². The first-order chi connectivity index (χ1) is 16.8. The number of aliphatic hydroxyl groups excluding tert-OH is 1. The van der Waals surface area contributed by atoms with Crippen LogP contribution in [0.4, 0.5) is 10.5 Å². The Kier molecular flexibility index (Phi) is 6.43. The number of carbonyl (C=O) groups is 1. The summed E-state index contributed by atoms with van der Waals surface area (Å²) in [6.45, 7) is 1.69. The van der Waals surface area contributed by atoms with E-state index < -0.39 is 23.9 Å². The highest BCUT2D eigenvalue weighted by Gasteiger charge is 2.53. The van der Waals surface area contributed by atoms with Crippen LogP contribution in [-0.2, 0) is 10.2 Å². The van der Waals surface area contributed by atoms with Crippen LogP contribution in [-0.4, -0.2) is 37.7 Å². The molecule has 3 N–H and O–H groups in total. The number of benzene rings is 1. The summed E-state index contributed by atoms with van der Waals surface area (Å²) in [7, 11) is 0. The molecule has 0 bridgehead atoms. The van der Waals surface area contributed by atoms with Gasteiger partial charge in [0, 0.05) is 10.6 Å². The highest BCUT2D eigenvalue weighted by Crippen LogP contribution is 2.52. The lowest BCUT2D eigenvalue weighted by molar-refractivity contribution is -0.0693. The lowest BCUT2D eigenvalue weighted by Crippen LogP contribution is -2.24. The molecule has 1 aliphatic rings. The van der Waals surface area contributed by atoms with Gasteiger partial charge in [0.25, 0.3) is 0 Å². The molecule has 3 aromatic heterocycles. The van der Waals surface area contributed by atoms with Crippen LogP contribution in [0.15, 0.2) is 28.8 Å². The van der Waals surface area contributed by atoms with Crippen LogP contribution in [0.2, 0.25) is 10.2 Å². The average Bonchev–Trinajstić information content (AvgIpc) is 3.25. The highest BCUT2D eigenvalue weighted by atomic mass is 35.5. The van der Waals surface area contributed by atoms with Gasteiger partial charge in [0.2, 0.25) is 5.76 Å². The number of ether oxygens (including phenoxy) is 1. The zero-order chi connectivity index (χ0) is 24.7. The lowest BCUT2D eigenvalue weighted by atomic mass is 10.1. The van der Waals surface area contributed by atoms with Gasteiger partial charge in [0.05, 0.1) is 5.41 Å². The molecule has 0 spiro atoms. The molecule has 1 atom stereocenters. The molecule has 0 saturated heterocycles. The van der Waals surface area contributed by atoms with Crippen molar-refractivity contribution < 1.29 is 24.3 Å². The van der Waals surface area contributed by atoms with Crippen molar-refractivity contribution in [2.45, 2.75) is 37.6 Å². The van der Waals surface area contributed by atoms with Crippen LogP contribution in [0, 0.1) is 11.8 Å².